The van der Waals surface area contributed by atoms with Crippen LogP contribution in [0.2, 0.25) is 0 Å². The summed E-state index contributed by atoms with van der Waals surface area (Å²) in [6.45, 7) is 4.49. The van der Waals surface area contributed by atoms with Crippen molar-refractivity contribution in [1.82, 2.24) is 0 Å². The summed E-state index contributed by atoms with van der Waals surface area (Å²) in [7, 11) is 0. The topological polar surface area (TPSA) is 16.6 Å². The van der Waals surface area contributed by atoms with Crippen molar-refractivity contribution in [2.24, 2.45) is 0 Å². The molecule has 0 bridgehead atoms. The van der Waals surface area contributed by atoms with Crippen LogP contribution >= 0.6 is 0 Å². The zero-order valence-corrected chi connectivity index (χ0v) is 8.79. The van der Waals surface area contributed by atoms with Crippen molar-refractivity contribution in [3.8, 4) is 12.3 Å². The summed E-state index contributed by atoms with van der Waals surface area (Å²) in [5.41, 5.74) is 2.31. The van der Waals surface area contributed by atoms with Gasteiger partial charge in [0.1, 0.15) is 6.54 Å². The molecule has 0 aliphatic rings. The van der Waals surface area contributed by atoms with Crippen LogP contribution in [0.25, 0.3) is 0 Å². The summed E-state index contributed by atoms with van der Waals surface area (Å²) in [4.78, 5) is 0. The van der Waals surface area contributed by atoms with E-state index >= 15 is 0 Å². The lowest BCUT2D eigenvalue weighted by Gasteiger charge is -2.00. The van der Waals surface area contributed by atoms with Gasteiger partial charge in [-0.1, -0.05) is 31.4 Å². The van der Waals surface area contributed by atoms with Gasteiger partial charge in [0.15, 0.2) is 0 Å². The molecule has 0 unspecified atom stereocenters. The Balaban J connectivity index is 2.33. The molecule has 74 valence electrons. The molecule has 0 aliphatic carbocycles. The fraction of sp³-hybridized carbons (Fsp3) is 0.385. The van der Waals surface area contributed by atoms with Crippen molar-refractivity contribution in [3.05, 3.63) is 35.4 Å². The van der Waals surface area contributed by atoms with Crippen molar-refractivity contribution in [2.45, 2.75) is 26.3 Å². The van der Waals surface area contributed by atoms with Gasteiger partial charge >= 0.3 is 0 Å². The molecule has 0 saturated carbocycles. The molecule has 14 heavy (non-hydrogen) atoms. The lowest BCUT2D eigenvalue weighted by molar-refractivity contribution is -0.670. The second-order valence-electron chi connectivity index (χ2n) is 3.48. The fourth-order valence-corrected chi connectivity index (χ4v) is 1.35. The number of nitrogens with two attached hydrogens (primary N) is 1. The monoisotopic (exact) mass is 188 g/mol. The molecule has 1 heteroatoms. The molecule has 1 aromatic carbocycles. The van der Waals surface area contributed by atoms with Crippen LogP contribution in [0.15, 0.2) is 24.3 Å². The first kappa shape index (κ1) is 10.8. The van der Waals surface area contributed by atoms with E-state index in [-0.39, 0.29) is 0 Å². The summed E-state index contributed by atoms with van der Waals surface area (Å²) in [6.07, 6.45) is 7.85. The first-order valence-corrected chi connectivity index (χ1v) is 5.24. The molecule has 0 spiro atoms. The number of rotatable bonds is 5. The van der Waals surface area contributed by atoms with Crippen LogP contribution in [-0.2, 0) is 6.54 Å². The van der Waals surface area contributed by atoms with E-state index in [0.29, 0.717) is 0 Å². The number of benzene rings is 1. The highest BCUT2D eigenvalue weighted by Crippen LogP contribution is 2.01. The molecule has 1 aromatic rings. The number of unbranched alkanes of at least 4 members (excludes halogenated alkanes) is 1. The van der Waals surface area contributed by atoms with Crippen LogP contribution in [0.4, 0.5) is 0 Å². The first-order valence-electron chi connectivity index (χ1n) is 5.24. The molecule has 1 nitrogen and oxygen atoms in total. The molecule has 0 aromatic heterocycles. The summed E-state index contributed by atoms with van der Waals surface area (Å²) in [5, 5.41) is 2.34. The maximum atomic E-state index is 5.28. The average Bonchev–Trinajstić information content (AvgIpc) is 2.25. The van der Waals surface area contributed by atoms with Gasteiger partial charge in [-0.05, 0) is 18.6 Å². The molecule has 0 heterocycles. The van der Waals surface area contributed by atoms with E-state index in [0.717, 1.165) is 12.1 Å². The Morgan fingerprint density at radius 1 is 1.29 bits per heavy atom. The Morgan fingerprint density at radius 2 is 2.00 bits per heavy atom. The molecule has 0 saturated heterocycles. The third-order valence-electron chi connectivity index (χ3n) is 2.26. The predicted molar refractivity (Wildman–Crippen MR) is 59.8 cm³/mol. The van der Waals surface area contributed by atoms with Crippen molar-refractivity contribution >= 4 is 0 Å². The second-order valence-corrected chi connectivity index (χ2v) is 3.48. The van der Waals surface area contributed by atoms with Gasteiger partial charge in [-0.2, -0.15) is 0 Å². The van der Waals surface area contributed by atoms with E-state index in [2.05, 4.69) is 30.3 Å². The van der Waals surface area contributed by atoms with E-state index in [1.54, 1.807) is 0 Å². The van der Waals surface area contributed by atoms with Crippen LogP contribution in [-0.4, -0.2) is 6.54 Å². The van der Waals surface area contributed by atoms with E-state index < -0.39 is 0 Å². The minimum atomic E-state index is 0.960. The van der Waals surface area contributed by atoms with Crippen LogP contribution in [0.5, 0.6) is 0 Å². The largest absolute Gasteiger partial charge is 0.343 e. The molecule has 0 amide bonds. The predicted octanol–water partition coefficient (Wildman–Crippen LogP) is 1.53. The van der Waals surface area contributed by atoms with E-state index in [1.165, 1.54) is 24.9 Å². The molecule has 2 N–H and O–H groups in total. The lowest BCUT2D eigenvalue weighted by atomic mass is 10.1. The second kappa shape index (κ2) is 6.23. The highest BCUT2D eigenvalue weighted by molar-refractivity contribution is 5.33. The van der Waals surface area contributed by atoms with Gasteiger partial charge in [0.05, 0.1) is 6.54 Å². The van der Waals surface area contributed by atoms with Crippen molar-refractivity contribution in [3.63, 3.8) is 0 Å². The van der Waals surface area contributed by atoms with Gasteiger partial charge in [-0.15, -0.1) is 6.42 Å². The van der Waals surface area contributed by atoms with Gasteiger partial charge < -0.3 is 5.32 Å². The van der Waals surface area contributed by atoms with Gasteiger partial charge in [-0.25, -0.2) is 0 Å². The fourth-order valence-electron chi connectivity index (χ4n) is 1.35. The standard InChI is InChI=1S/C13H17N/c1-3-5-10-14-11-13-8-6-12(4-2)7-9-13/h2,6-9,14H,3,5,10-11H2,1H3/p+1. The van der Waals surface area contributed by atoms with Crippen LogP contribution in [0, 0.1) is 12.3 Å². The smallest absolute Gasteiger partial charge is 0.101 e. The third kappa shape index (κ3) is 3.64. The molecular formula is C13H18N+. The van der Waals surface area contributed by atoms with Crippen molar-refractivity contribution in [1.29, 1.82) is 0 Å². The highest BCUT2D eigenvalue weighted by atomic mass is 14.8. The number of terminal acetylenes is 1. The van der Waals surface area contributed by atoms with Gasteiger partial charge in [-0.3, -0.25) is 0 Å². The molecule has 0 aliphatic heterocycles. The third-order valence-corrected chi connectivity index (χ3v) is 2.26. The van der Waals surface area contributed by atoms with Crippen molar-refractivity contribution < 1.29 is 5.32 Å². The Bertz CT molecular complexity index is 292. The Hall–Kier alpha value is -1.26. The number of hydrogen-bond donors (Lipinski definition) is 1. The van der Waals surface area contributed by atoms with Gasteiger partial charge in [0, 0.05) is 11.1 Å². The summed E-state index contributed by atoms with van der Waals surface area (Å²) in [6, 6.07) is 8.22. The number of quaternary nitrogens is 1. The summed E-state index contributed by atoms with van der Waals surface area (Å²) < 4.78 is 0. The quantitative estimate of drug-likeness (QED) is 0.533. The zero-order valence-electron chi connectivity index (χ0n) is 8.79. The molecule has 1 rings (SSSR count). The molecular weight excluding hydrogens is 170 g/mol. The van der Waals surface area contributed by atoms with Gasteiger partial charge in [0.25, 0.3) is 0 Å². The van der Waals surface area contributed by atoms with Gasteiger partial charge in [0.2, 0.25) is 0 Å². The van der Waals surface area contributed by atoms with Crippen molar-refractivity contribution in [2.75, 3.05) is 6.54 Å². The minimum absolute atomic E-state index is 0.960. The Morgan fingerprint density at radius 3 is 2.57 bits per heavy atom. The molecule has 0 atom stereocenters. The maximum Gasteiger partial charge on any atom is 0.101 e. The van der Waals surface area contributed by atoms with Crippen LogP contribution < -0.4 is 5.32 Å². The summed E-state index contributed by atoms with van der Waals surface area (Å²) in [5.74, 6) is 2.62. The highest BCUT2D eigenvalue weighted by Gasteiger charge is 1.94. The molecule has 0 radical (unpaired) electrons. The Kier molecular flexibility index (Phi) is 4.82. The summed E-state index contributed by atoms with van der Waals surface area (Å²) >= 11 is 0. The first-order chi connectivity index (χ1) is 6.86. The zero-order chi connectivity index (χ0) is 10.2. The number of hydrogen-bond acceptors (Lipinski definition) is 0. The lowest BCUT2D eigenvalue weighted by Crippen LogP contribution is -2.82. The Labute approximate surface area is 86.5 Å². The SMILES string of the molecule is C#Cc1ccc(C[NH2+]CCCC)cc1. The van der Waals surface area contributed by atoms with Crippen LogP contribution in [0.1, 0.15) is 30.9 Å². The normalized spacial score (nSPS) is 9.71. The van der Waals surface area contributed by atoms with E-state index in [9.17, 15) is 0 Å². The maximum absolute atomic E-state index is 5.28. The van der Waals surface area contributed by atoms with Crippen LogP contribution in [0.3, 0.4) is 0 Å². The average molecular weight is 188 g/mol. The van der Waals surface area contributed by atoms with E-state index in [4.69, 9.17) is 6.42 Å². The minimum Gasteiger partial charge on any atom is -0.343 e. The van der Waals surface area contributed by atoms with E-state index in [1.807, 2.05) is 12.1 Å². The molecule has 0 fully saturated rings.